The highest BCUT2D eigenvalue weighted by atomic mass is 16.5. The van der Waals surface area contributed by atoms with E-state index in [1.165, 1.54) is 12.0 Å². The Hall–Kier alpha value is -2.78. The van der Waals surface area contributed by atoms with Gasteiger partial charge in [-0.2, -0.15) is 0 Å². The molecule has 3 rings (SSSR count). The number of nitrogens with zero attached hydrogens (tertiary/aromatic N) is 3. The fraction of sp³-hybridized carbons (Fsp3) is 0.444. The van der Waals surface area contributed by atoms with Crippen LogP contribution in [0.5, 0.6) is 0 Å². The van der Waals surface area contributed by atoms with Gasteiger partial charge < -0.3 is 24.8 Å². The van der Waals surface area contributed by atoms with E-state index in [4.69, 9.17) is 9.26 Å². The molecule has 2 aromatic rings. The first-order valence-electron chi connectivity index (χ1n) is 8.70. The third-order valence-electron chi connectivity index (χ3n) is 4.46. The molecule has 1 fully saturated rings. The number of pyridine rings is 1. The minimum atomic E-state index is -0.667. The highest BCUT2D eigenvalue weighted by molar-refractivity contribution is 6.01. The van der Waals surface area contributed by atoms with Gasteiger partial charge in [0.15, 0.2) is 5.69 Å². The fourth-order valence-electron chi connectivity index (χ4n) is 2.96. The summed E-state index contributed by atoms with van der Waals surface area (Å²) in [4.78, 5) is 31.5. The first kappa shape index (κ1) is 19.0. The third-order valence-corrected chi connectivity index (χ3v) is 4.46. The van der Waals surface area contributed by atoms with Crippen molar-refractivity contribution in [3.63, 3.8) is 0 Å². The summed E-state index contributed by atoms with van der Waals surface area (Å²) in [6, 6.07) is 2.92. The van der Waals surface area contributed by atoms with Crippen molar-refractivity contribution >= 4 is 17.5 Å². The fourth-order valence-corrected chi connectivity index (χ4v) is 2.96. The van der Waals surface area contributed by atoms with Crippen molar-refractivity contribution in [2.45, 2.75) is 26.5 Å². The van der Waals surface area contributed by atoms with Gasteiger partial charge >= 0.3 is 0 Å². The highest BCUT2D eigenvalue weighted by Crippen LogP contribution is 2.19. The average Bonchev–Trinajstić information content (AvgIpc) is 3.04. The first-order valence-corrected chi connectivity index (χ1v) is 8.70. The summed E-state index contributed by atoms with van der Waals surface area (Å²) in [6.45, 7) is 5.15. The van der Waals surface area contributed by atoms with Crippen LogP contribution in [0.25, 0.3) is 0 Å². The topological polar surface area (TPSA) is 110 Å². The van der Waals surface area contributed by atoms with Gasteiger partial charge in [0, 0.05) is 32.4 Å². The van der Waals surface area contributed by atoms with Gasteiger partial charge in [-0.1, -0.05) is 5.16 Å². The largest absolute Gasteiger partial charge is 0.380 e. The molecule has 1 aliphatic rings. The molecule has 1 saturated heterocycles. The van der Waals surface area contributed by atoms with Crippen LogP contribution in [0.4, 0.5) is 5.69 Å². The summed E-state index contributed by atoms with van der Waals surface area (Å²) in [6.07, 6.45) is 1.59. The maximum atomic E-state index is 13.0. The van der Waals surface area contributed by atoms with E-state index in [0.29, 0.717) is 36.6 Å². The number of hydrogen-bond acceptors (Lipinski definition) is 7. The standard InChI is InChI=1S/C18H23N5O4/c1-11-4-5-13(8-20-11)21-17(24)15-9-19-6-7-23(15)18(25)16-14(10-26-3)12(2)27-22-16/h4-5,8,15,19H,6-7,9-10H2,1-3H3,(H,21,24)/t15-/m0/s1. The molecule has 0 saturated carbocycles. The lowest BCUT2D eigenvalue weighted by atomic mass is 10.1. The second-order valence-electron chi connectivity index (χ2n) is 6.39. The predicted octanol–water partition coefficient (Wildman–Crippen LogP) is 0.886. The third kappa shape index (κ3) is 4.15. The Morgan fingerprint density at radius 2 is 2.22 bits per heavy atom. The van der Waals surface area contributed by atoms with Crippen LogP contribution in [-0.4, -0.2) is 59.6 Å². The number of carbonyl (C=O) groups excluding carboxylic acids is 2. The predicted molar refractivity (Wildman–Crippen MR) is 97.3 cm³/mol. The van der Waals surface area contributed by atoms with E-state index in [1.807, 2.05) is 13.0 Å². The van der Waals surface area contributed by atoms with E-state index in [0.717, 1.165) is 5.69 Å². The van der Waals surface area contributed by atoms with Gasteiger partial charge in [0.05, 0.1) is 24.1 Å². The number of nitrogens with one attached hydrogen (secondary N) is 2. The number of rotatable bonds is 5. The molecule has 9 nitrogen and oxygen atoms in total. The Balaban J connectivity index is 1.79. The molecule has 9 heteroatoms. The number of amides is 2. The van der Waals surface area contributed by atoms with Crippen molar-refractivity contribution in [1.82, 2.24) is 20.4 Å². The molecule has 0 bridgehead atoms. The zero-order valence-electron chi connectivity index (χ0n) is 15.6. The van der Waals surface area contributed by atoms with Crippen molar-refractivity contribution in [2.24, 2.45) is 0 Å². The Bertz CT molecular complexity index is 818. The molecular formula is C18H23N5O4. The van der Waals surface area contributed by atoms with Crippen LogP contribution in [0.15, 0.2) is 22.9 Å². The van der Waals surface area contributed by atoms with Gasteiger partial charge in [-0.15, -0.1) is 0 Å². The zero-order chi connectivity index (χ0) is 19.4. The number of hydrogen-bond donors (Lipinski definition) is 2. The SMILES string of the molecule is COCc1c(C(=O)N2CCNC[C@H]2C(=O)Nc2ccc(C)nc2)noc1C. The highest BCUT2D eigenvalue weighted by Gasteiger charge is 2.35. The second-order valence-corrected chi connectivity index (χ2v) is 6.39. The molecule has 27 heavy (non-hydrogen) atoms. The summed E-state index contributed by atoms with van der Waals surface area (Å²) >= 11 is 0. The summed E-state index contributed by atoms with van der Waals surface area (Å²) in [5.74, 6) is -0.0978. The smallest absolute Gasteiger partial charge is 0.277 e. The minimum absolute atomic E-state index is 0.186. The van der Waals surface area contributed by atoms with E-state index in [1.54, 1.807) is 19.2 Å². The van der Waals surface area contributed by atoms with Crippen molar-refractivity contribution in [3.05, 3.63) is 41.0 Å². The lowest BCUT2D eigenvalue weighted by Crippen LogP contribution is -2.58. The first-order chi connectivity index (χ1) is 13.0. The monoisotopic (exact) mass is 373 g/mol. The molecule has 2 amide bonds. The number of carbonyl (C=O) groups is 2. The number of anilines is 1. The van der Waals surface area contributed by atoms with Crippen LogP contribution >= 0.6 is 0 Å². The normalized spacial score (nSPS) is 17.0. The van der Waals surface area contributed by atoms with E-state index < -0.39 is 6.04 Å². The molecule has 2 aromatic heterocycles. The number of methoxy groups -OCH3 is 1. The molecule has 3 heterocycles. The summed E-state index contributed by atoms with van der Waals surface area (Å²) in [7, 11) is 1.54. The molecule has 0 aliphatic carbocycles. The van der Waals surface area contributed by atoms with Crippen molar-refractivity contribution in [3.8, 4) is 0 Å². The maximum Gasteiger partial charge on any atom is 0.277 e. The van der Waals surface area contributed by atoms with Crippen molar-refractivity contribution in [2.75, 3.05) is 32.1 Å². The van der Waals surface area contributed by atoms with Crippen molar-refractivity contribution < 1.29 is 18.8 Å². The van der Waals surface area contributed by atoms with Gasteiger partial charge in [-0.3, -0.25) is 14.6 Å². The van der Waals surface area contributed by atoms with Crippen LogP contribution in [0.2, 0.25) is 0 Å². The summed E-state index contributed by atoms with van der Waals surface area (Å²) < 4.78 is 10.3. The van der Waals surface area contributed by atoms with Crippen LogP contribution in [0.1, 0.15) is 27.5 Å². The van der Waals surface area contributed by atoms with Crippen molar-refractivity contribution in [1.29, 1.82) is 0 Å². The maximum absolute atomic E-state index is 13.0. The Labute approximate surface area is 157 Å². The number of piperazine rings is 1. The summed E-state index contributed by atoms with van der Waals surface area (Å²) in [5.41, 5.74) is 2.23. The zero-order valence-corrected chi connectivity index (χ0v) is 15.6. The molecule has 0 unspecified atom stereocenters. The molecule has 0 aromatic carbocycles. The van der Waals surface area contributed by atoms with E-state index in [-0.39, 0.29) is 24.1 Å². The van der Waals surface area contributed by atoms with E-state index in [9.17, 15) is 9.59 Å². The lowest BCUT2D eigenvalue weighted by Gasteiger charge is -2.34. The molecule has 1 atom stereocenters. The van der Waals surface area contributed by atoms with Gasteiger partial charge in [-0.05, 0) is 26.0 Å². The van der Waals surface area contributed by atoms with Gasteiger partial charge in [0.1, 0.15) is 11.8 Å². The quantitative estimate of drug-likeness (QED) is 0.801. The van der Waals surface area contributed by atoms with Crippen LogP contribution in [0.3, 0.4) is 0 Å². The Morgan fingerprint density at radius 1 is 1.41 bits per heavy atom. The molecule has 144 valence electrons. The van der Waals surface area contributed by atoms with E-state index >= 15 is 0 Å². The number of aromatic nitrogens is 2. The van der Waals surface area contributed by atoms with Gasteiger partial charge in [0.2, 0.25) is 5.91 Å². The summed E-state index contributed by atoms with van der Waals surface area (Å²) in [5, 5.41) is 9.86. The van der Waals surface area contributed by atoms with Gasteiger partial charge in [0.25, 0.3) is 5.91 Å². The molecule has 2 N–H and O–H groups in total. The molecule has 0 radical (unpaired) electrons. The molecular weight excluding hydrogens is 350 g/mol. The average molecular weight is 373 g/mol. The van der Waals surface area contributed by atoms with Crippen LogP contribution < -0.4 is 10.6 Å². The number of aryl methyl sites for hydroxylation is 2. The van der Waals surface area contributed by atoms with Crippen LogP contribution in [-0.2, 0) is 16.1 Å². The lowest BCUT2D eigenvalue weighted by molar-refractivity contribution is -0.121. The Kier molecular flexibility index (Phi) is 5.82. The Morgan fingerprint density at radius 3 is 2.93 bits per heavy atom. The molecule has 0 spiro atoms. The van der Waals surface area contributed by atoms with Crippen LogP contribution in [0, 0.1) is 13.8 Å². The van der Waals surface area contributed by atoms with E-state index in [2.05, 4.69) is 20.8 Å². The number of ether oxygens (including phenoxy) is 1. The van der Waals surface area contributed by atoms with Gasteiger partial charge in [-0.25, -0.2) is 0 Å². The minimum Gasteiger partial charge on any atom is -0.380 e. The molecule has 1 aliphatic heterocycles. The second kappa shape index (κ2) is 8.28.